The summed E-state index contributed by atoms with van der Waals surface area (Å²) >= 11 is 0. The molecule has 1 aromatic carbocycles. The Kier molecular flexibility index (Phi) is 9.06. The van der Waals surface area contributed by atoms with Gasteiger partial charge in [0.2, 0.25) is 0 Å². The Morgan fingerprint density at radius 3 is 2.18 bits per heavy atom. The first-order chi connectivity index (χ1) is 8.13. The summed E-state index contributed by atoms with van der Waals surface area (Å²) < 4.78 is 5.50. The molecule has 0 fully saturated rings. The molecule has 0 unspecified atom stereocenters. The summed E-state index contributed by atoms with van der Waals surface area (Å²) in [5.41, 5.74) is 0.682. The second kappa shape index (κ2) is 9.85. The lowest BCUT2D eigenvalue weighted by Gasteiger charge is -2.07. The zero-order valence-corrected chi connectivity index (χ0v) is 11.2. The van der Waals surface area contributed by atoms with E-state index in [9.17, 15) is 4.79 Å². The molecule has 0 radical (unpaired) electrons. The van der Waals surface area contributed by atoms with Gasteiger partial charge in [-0.2, -0.15) is 0 Å². The van der Waals surface area contributed by atoms with E-state index in [4.69, 9.17) is 4.74 Å². The predicted molar refractivity (Wildman–Crippen MR) is 71.8 cm³/mol. The highest BCUT2D eigenvalue weighted by Crippen LogP contribution is 2.12. The molecule has 0 aliphatic carbocycles. The summed E-state index contributed by atoms with van der Waals surface area (Å²) in [7, 11) is 3.75. The molecule has 0 spiro atoms. The molecule has 17 heavy (non-hydrogen) atoms. The number of aldehydes is 1. The molecule has 0 amide bonds. The van der Waals surface area contributed by atoms with Gasteiger partial charge in [-0.15, -0.1) is 0 Å². The van der Waals surface area contributed by atoms with Gasteiger partial charge < -0.3 is 10.1 Å². The Labute approximate surface area is 104 Å². The van der Waals surface area contributed by atoms with E-state index in [0.717, 1.165) is 25.1 Å². The number of benzene rings is 1. The maximum Gasteiger partial charge on any atom is 0.150 e. The van der Waals surface area contributed by atoms with Gasteiger partial charge >= 0.3 is 0 Å². The van der Waals surface area contributed by atoms with Crippen molar-refractivity contribution in [2.45, 2.75) is 20.3 Å². The molecule has 3 heteroatoms. The lowest BCUT2D eigenvalue weighted by molar-refractivity contribution is 0.112. The van der Waals surface area contributed by atoms with Crippen LogP contribution in [0, 0.1) is 5.92 Å². The third-order valence-corrected chi connectivity index (χ3v) is 1.98. The van der Waals surface area contributed by atoms with Crippen molar-refractivity contribution >= 4 is 6.29 Å². The van der Waals surface area contributed by atoms with Crippen LogP contribution in [0.25, 0.3) is 0 Å². The highest BCUT2D eigenvalue weighted by Gasteiger charge is 1.96. The first kappa shape index (κ1) is 15.7. The van der Waals surface area contributed by atoms with Gasteiger partial charge in [-0.1, -0.05) is 13.8 Å². The van der Waals surface area contributed by atoms with Crippen LogP contribution in [0.5, 0.6) is 5.75 Å². The first-order valence-electron chi connectivity index (χ1n) is 5.90. The number of nitrogens with one attached hydrogen (secondary N) is 1. The van der Waals surface area contributed by atoms with Gasteiger partial charge in [0, 0.05) is 5.56 Å². The number of carbonyl (C=O) groups is 1. The van der Waals surface area contributed by atoms with Crippen molar-refractivity contribution in [2.24, 2.45) is 5.92 Å². The smallest absolute Gasteiger partial charge is 0.150 e. The van der Waals surface area contributed by atoms with Crippen molar-refractivity contribution in [2.75, 3.05) is 20.7 Å². The van der Waals surface area contributed by atoms with Crippen LogP contribution in [0.1, 0.15) is 30.6 Å². The number of carbonyl (C=O) groups excluding carboxylic acids is 1. The van der Waals surface area contributed by atoms with Gasteiger partial charge in [-0.05, 0) is 50.7 Å². The lowest BCUT2D eigenvalue weighted by atomic mass is 10.1. The molecule has 0 aliphatic heterocycles. The zero-order chi connectivity index (χ0) is 13.1. The average Bonchev–Trinajstić information content (AvgIpc) is 2.30. The van der Waals surface area contributed by atoms with E-state index in [-0.39, 0.29) is 0 Å². The van der Waals surface area contributed by atoms with Crippen LogP contribution in [-0.2, 0) is 0 Å². The van der Waals surface area contributed by atoms with Crippen molar-refractivity contribution in [3.05, 3.63) is 29.8 Å². The van der Waals surface area contributed by atoms with Gasteiger partial charge in [0.1, 0.15) is 12.0 Å². The second-order valence-corrected chi connectivity index (χ2v) is 4.22. The van der Waals surface area contributed by atoms with Crippen molar-refractivity contribution in [1.29, 1.82) is 0 Å². The summed E-state index contributed by atoms with van der Waals surface area (Å²) in [4.78, 5) is 10.4. The minimum atomic E-state index is 0.657. The fraction of sp³-hybridized carbons (Fsp3) is 0.500. The summed E-state index contributed by atoms with van der Waals surface area (Å²) in [6, 6.07) is 7.17. The van der Waals surface area contributed by atoms with E-state index >= 15 is 0 Å². The molecule has 0 bridgehead atoms. The molecule has 96 valence electrons. The first-order valence-corrected chi connectivity index (χ1v) is 5.90. The highest BCUT2D eigenvalue weighted by atomic mass is 16.5. The van der Waals surface area contributed by atoms with Crippen molar-refractivity contribution in [1.82, 2.24) is 5.32 Å². The molecule has 1 rings (SSSR count). The number of hydrogen-bond acceptors (Lipinski definition) is 3. The van der Waals surface area contributed by atoms with E-state index in [2.05, 4.69) is 19.2 Å². The maximum absolute atomic E-state index is 10.4. The van der Waals surface area contributed by atoms with Crippen LogP contribution >= 0.6 is 0 Å². The fourth-order valence-electron chi connectivity index (χ4n) is 1.06. The molecule has 1 aromatic rings. The molecule has 0 atom stereocenters. The minimum absolute atomic E-state index is 0.657. The molecule has 0 saturated carbocycles. The largest absolute Gasteiger partial charge is 0.494 e. The number of hydrogen-bond donors (Lipinski definition) is 1. The SMILES string of the molecule is CC(C)CCOc1ccc(C=O)cc1.CNC. The van der Waals surface area contributed by atoms with E-state index in [0.29, 0.717) is 11.5 Å². The third-order valence-electron chi connectivity index (χ3n) is 1.98. The molecule has 0 heterocycles. The summed E-state index contributed by atoms with van der Waals surface area (Å²) in [5, 5.41) is 2.75. The Morgan fingerprint density at radius 2 is 1.76 bits per heavy atom. The molecule has 3 nitrogen and oxygen atoms in total. The van der Waals surface area contributed by atoms with Gasteiger partial charge in [0.25, 0.3) is 0 Å². The van der Waals surface area contributed by atoms with E-state index in [1.807, 2.05) is 26.2 Å². The van der Waals surface area contributed by atoms with E-state index in [1.165, 1.54) is 0 Å². The Hall–Kier alpha value is -1.35. The second-order valence-electron chi connectivity index (χ2n) is 4.22. The number of ether oxygens (including phenoxy) is 1. The van der Waals surface area contributed by atoms with Gasteiger partial charge in [0.05, 0.1) is 6.61 Å². The zero-order valence-electron chi connectivity index (χ0n) is 11.2. The van der Waals surface area contributed by atoms with E-state index in [1.54, 1.807) is 12.1 Å². The Balaban J connectivity index is 0.000000770. The molecule has 0 aromatic heterocycles. The molecular weight excluding hydrogens is 214 g/mol. The minimum Gasteiger partial charge on any atom is -0.494 e. The summed E-state index contributed by atoms with van der Waals surface area (Å²) in [6.45, 7) is 5.07. The van der Waals surface area contributed by atoms with Crippen LogP contribution < -0.4 is 10.1 Å². The summed E-state index contributed by atoms with van der Waals surface area (Å²) in [6.07, 6.45) is 1.88. The van der Waals surface area contributed by atoms with Crippen molar-refractivity contribution in [3.8, 4) is 5.75 Å². The molecule has 0 aliphatic rings. The van der Waals surface area contributed by atoms with Gasteiger partial charge in [0.15, 0.2) is 0 Å². The van der Waals surface area contributed by atoms with E-state index < -0.39 is 0 Å². The maximum atomic E-state index is 10.4. The predicted octanol–water partition coefficient (Wildman–Crippen LogP) is 2.76. The number of rotatable bonds is 5. The normalized spacial score (nSPS) is 9.47. The third kappa shape index (κ3) is 8.46. The monoisotopic (exact) mass is 237 g/mol. The van der Waals surface area contributed by atoms with Crippen LogP contribution in [0.4, 0.5) is 0 Å². The van der Waals surface area contributed by atoms with Gasteiger partial charge in [-0.3, -0.25) is 4.79 Å². The molecule has 0 saturated heterocycles. The van der Waals surface area contributed by atoms with Crippen LogP contribution in [0.15, 0.2) is 24.3 Å². The summed E-state index contributed by atoms with van der Waals surface area (Å²) in [5.74, 6) is 1.49. The highest BCUT2D eigenvalue weighted by molar-refractivity contribution is 5.74. The van der Waals surface area contributed by atoms with Crippen LogP contribution in [-0.4, -0.2) is 27.0 Å². The van der Waals surface area contributed by atoms with Crippen molar-refractivity contribution in [3.63, 3.8) is 0 Å². The Bertz CT molecular complexity index is 294. The van der Waals surface area contributed by atoms with Crippen molar-refractivity contribution < 1.29 is 9.53 Å². The topological polar surface area (TPSA) is 38.3 Å². The van der Waals surface area contributed by atoms with Crippen LogP contribution in [0.3, 0.4) is 0 Å². The van der Waals surface area contributed by atoms with Crippen LogP contribution in [0.2, 0.25) is 0 Å². The average molecular weight is 237 g/mol. The van der Waals surface area contributed by atoms with Gasteiger partial charge in [-0.25, -0.2) is 0 Å². The molecular formula is C14H23NO2. The standard InChI is InChI=1S/C12H16O2.C2H7N/c1-10(2)7-8-14-12-5-3-11(9-13)4-6-12;1-3-2/h3-6,9-10H,7-8H2,1-2H3;3H,1-2H3. The Morgan fingerprint density at radius 1 is 1.24 bits per heavy atom. The lowest BCUT2D eigenvalue weighted by Crippen LogP contribution is -2.01. The fourth-order valence-corrected chi connectivity index (χ4v) is 1.06. The molecule has 1 N–H and O–H groups in total. The quantitative estimate of drug-likeness (QED) is 0.800.